The van der Waals surface area contributed by atoms with Gasteiger partial charge in [-0.2, -0.15) is 0 Å². The summed E-state index contributed by atoms with van der Waals surface area (Å²) in [5, 5.41) is 3.26. The Morgan fingerprint density at radius 3 is 2.30 bits per heavy atom. The molecule has 1 saturated carbocycles. The van der Waals surface area contributed by atoms with Crippen LogP contribution in [0.25, 0.3) is 0 Å². The van der Waals surface area contributed by atoms with E-state index >= 15 is 0 Å². The third-order valence-corrected chi connectivity index (χ3v) is 6.51. The van der Waals surface area contributed by atoms with Crippen LogP contribution in [0.15, 0.2) is 0 Å². The van der Waals surface area contributed by atoms with E-state index in [0.29, 0.717) is 6.42 Å². The lowest BCUT2D eigenvalue weighted by molar-refractivity contribution is 0.233. The highest BCUT2D eigenvalue weighted by molar-refractivity contribution is 7.89. The van der Waals surface area contributed by atoms with E-state index in [-0.39, 0.29) is 11.8 Å². The van der Waals surface area contributed by atoms with Gasteiger partial charge in [0, 0.05) is 13.1 Å². The molecule has 0 amide bonds. The average Bonchev–Trinajstić information content (AvgIpc) is 2.46. The first-order valence-electron chi connectivity index (χ1n) is 8.17. The lowest BCUT2D eigenvalue weighted by Crippen LogP contribution is -2.41. The van der Waals surface area contributed by atoms with Crippen molar-refractivity contribution in [3.8, 4) is 0 Å². The van der Waals surface area contributed by atoms with Gasteiger partial charge in [-0.25, -0.2) is 12.7 Å². The zero-order chi connectivity index (χ0) is 15.0. The molecule has 0 radical (unpaired) electrons. The SMILES string of the molecule is CCCNCCCS(=O)(=O)N(C)C1CCC(CC)CC1. The molecule has 0 bridgehead atoms. The molecule has 0 aliphatic heterocycles. The minimum Gasteiger partial charge on any atom is -0.317 e. The monoisotopic (exact) mass is 304 g/mol. The number of hydrogen-bond donors (Lipinski definition) is 1. The van der Waals surface area contributed by atoms with Gasteiger partial charge in [0.15, 0.2) is 0 Å². The van der Waals surface area contributed by atoms with Gasteiger partial charge in [0.1, 0.15) is 0 Å². The van der Waals surface area contributed by atoms with Gasteiger partial charge in [0.05, 0.1) is 5.75 Å². The molecule has 0 aromatic carbocycles. The van der Waals surface area contributed by atoms with Gasteiger partial charge in [-0.15, -0.1) is 0 Å². The van der Waals surface area contributed by atoms with Crippen molar-refractivity contribution in [2.24, 2.45) is 5.92 Å². The van der Waals surface area contributed by atoms with Crippen LogP contribution in [0.2, 0.25) is 0 Å². The molecule has 4 nitrogen and oxygen atoms in total. The molecule has 20 heavy (non-hydrogen) atoms. The van der Waals surface area contributed by atoms with Crippen LogP contribution in [0.5, 0.6) is 0 Å². The molecule has 0 spiro atoms. The van der Waals surface area contributed by atoms with Crippen molar-refractivity contribution in [1.29, 1.82) is 0 Å². The molecule has 1 aliphatic rings. The number of nitrogens with one attached hydrogen (secondary N) is 1. The Labute approximate surface area is 125 Å². The fourth-order valence-electron chi connectivity index (χ4n) is 2.97. The van der Waals surface area contributed by atoms with Gasteiger partial charge < -0.3 is 5.32 Å². The van der Waals surface area contributed by atoms with Gasteiger partial charge in [-0.3, -0.25) is 0 Å². The second-order valence-corrected chi connectivity index (χ2v) is 8.17. The van der Waals surface area contributed by atoms with Crippen molar-refractivity contribution in [3.63, 3.8) is 0 Å². The van der Waals surface area contributed by atoms with Gasteiger partial charge >= 0.3 is 0 Å². The van der Waals surface area contributed by atoms with Gasteiger partial charge in [-0.05, 0) is 57.5 Å². The van der Waals surface area contributed by atoms with Crippen LogP contribution in [-0.2, 0) is 10.0 Å². The van der Waals surface area contributed by atoms with Gasteiger partial charge in [0.25, 0.3) is 0 Å². The first-order valence-corrected chi connectivity index (χ1v) is 9.78. The van der Waals surface area contributed by atoms with Crippen LogP contribution in [0.3, 0.4) is 0 Å². The lowest BCUT2D eigenvalue weighted by atomic mass is 9.85. The zero-order valence-electron chi connectivity index (χ0n) is 13.4. The van der Waals surface area contributed by atoms with Gasteiger partial charge in [0.2, 0.25) is 10.0 Å². The second-order valence-electron chi connectivity index (χ2n) is 6.02. The van der Waals surface area contributed by atoms with Crippen molar-refractivity contribution in [3.05, 3.63) is 0 Å². The molecule has 0 saturated heterocycles. The predicted octanol–water partition coefficient (Wildman–Crippen LogP) is 2.61. The normalized spacial score (nSPS) is 24.2. The summed E-state index contributed by atoms with van der Waals surface area (Å²) >= 11 is 0. The van der Waals surface area contributed by atoms with Crippen LogP contribution in [0.4, 0.5) is 0 Å². The molecule has 1 N–H and O–H groups in total. The zero-order valence-corrected chi connectivity index (χ0v) is 14.2. The van der Waals surface area contributed by atoms with Crippen molar-refractivity contribution in [2.45, 2.75) is 64.8 Å². The fraction of sp³-hybridized carbons (Fsp3) is 1.00. The molecule has 0 atom stereocenters. The predicted molar refractivity (Wildman–Crippen MR) is 85.4 cm³/mol. The highest BCUT2D eigenvalue weighted by Gasteiger charge is 2.29. The molecule has 0 heterocycles. The van der Waals surface area contributed by atoms with Crippen molar-refractivity contribution in [1.82, 2.24) is 9.62 Å². The highest BCUT2D eigenvalue weighted by atomic mass is 32.2. The molecular formula is C15H32N2O2S. The Balaban J connectivity index is 2.35. The molecule has 120 valence electrons. The summed E-state index contributed by atoms with van der Waals surface area (Å²) in [5.74, 6) is 1.08. The molecule has 0 unspecified atom stereocenters. The van der Waals surface area contributed by atoms with Crippen molar-refractivity contribution < 1.29 is 8.42 Å². The summed E-state index contributed by atoms with van der Waals surface area (Å²) in [6.45, 7) is 6.11. The van der Waals surface area contributed by atoms with Crippen molar-refractivity contribution in [2.75, 3.05) is 25.9 Å². The maximum Gasteiger partial charge on any atom is 0.214 e. The third-order valence-electron chi connectivity index (χ3n) is 4.53. The molecular weight excluding hydrogens is 272 g/mol. The number of nitrogens with zero attached hydrogens (tertiary/aromatic N) is 1. The molecule has 5 heteroatoms. The standard InChI is InChI=1S/C15H32N2O2S/c1-4-11-16-12-6-13-20(18,19)17(3)15-9-7-14(5-2)8-10-15/h14-16H,4-13H2,1-3H3. The fourth-order valence-corrected chi connectivity index (χ4v) is 4.43. The Kier molecular flexibility index (Phi) is 8.07. The van der Waals surface area contributed by atoms with E-state index < -0.39 is 10.0 Å². The van der Waals surface area contributed by atoms with E-state index in [4.69, 9.17) is 0 Å². The summed E-state index contributed by atoms with van der Waals surface area (Å²) in [4.78, 5) is 0. The quantitative estimate of drug-likeness (QED) is 0.666. The van der Waals surface area contributed by atoms with Crippen LogP contribution >= 0.6 is 0 Å². The average molecular weight is 305 g/mol. The van der Waals surface area contributed by atoms with E-state index in [2.05, 4.69) is 19.2 Å². The Morgan fingerprint density at radius 1 is 1.10 bits per heavy atom. The maximum atomic E-state index is 12.3. The summed E-state index contributed by atoms with van der Waals surface area (Å²) in [6.07, 6.45) is 7.44. The van der Waals surface area contributed by atoms with Crippen LogP contribution in [-0.4, -0.2) is 44.7 Å². The summed E-state index contributed by atoms with van der Waals surface area (Å²) < 4.78 is 26.3. The van der Waals surface area contributed by atoms with E-state index in [1.54, 1.807) is 11.4 Å². The Morgan fingerprint density at radius 2 is 1.75 bits per heavy atom. The van der Waals surface area contributed by atoms with Crippen LogP contribution < -0.4 is 5.32 Å². The van der Waals surface area contributed by atoms with Crippen molar-refractivity contribution >= 4 is 10.0 Å². The topological polar surface area (TPSA) is 49.4 Å². The Hall–Kier alpha value is -0.130. The largest absolute Gasteiger partial charge is 0.317 e. The number of hydrogen-bond acceptors (Lipinski definition) is 3. The highest BCUT2D eigenvalue weighted by Crippen LogP contribution is 2.30. The third kappa shape index (κ3) is 5.70. The van der Waals surface area contributed by atoms with Crippen LogP contribution in [0, 0.1) is 5.92 Å². The Bertz CT molecular complexity index is 349. The summed E-state index contributed by atoms with van der Waals surface area (Å²) in [6, 6.07) is 0.228. The molecule has 0 aromatic rings. The minimum absolute atomic E-state index is 0.228. The number of sulfonamides is 1. The van der Waals surface area contributed by atoms with E-state index in [9.17, 15) is 8.42 Å². The summed E-state index contributed by atoms with van der Waals surface area (Å²) in [5.41, 5.74) is 0. The number of rotatable bonds is 9. The minimum atomic E-state index is -3.08. The summed E-state index contributed by atoms with van der Waals surface area (Å²) in [7, 11) is -1.31. The van der Waals surface area contributed by atoms with Crippen LogP contribution in [0.1, 0.15) is 58.8 Å². The smallest absolute Gasteiger partial charge is 0.214 e. The molecule has 0 aromatic heterocycles. The molecule has 1 rings (SSSR count). The second kappa shape index (κ2) is 9.00. The lowest BCUT2D eigenvalue weighted by Gasteiger charge is -2.33. The van der Waals surface area contributed by atoms with Gasteiger partial charge in [-0.1, -0.05) is 20.3 Å². The van der Waals surface area contributed by atoms with E-state index in [1.807, 2.05) is 0 Å². The molecule has 1 aliphatic carbocycles. The molecule has 1 fully saturated rings. The van der Waals surface area contributed by atoms with E-state index in [0.717, 1.165) is 38.3 Å². The first kappa shape index (κ1) is 17.9. The maximum absolute atomic E-state index is 12.3. The first-order chi connectivity index (χ1) is 9.51. The van der Waals surface area contributed by atoms with E-state index in [1.165, 1.54) is 19.3 Å².